The highest BCUT2D eigenvalue weighted by molar-refractivity contribution is 5.97. The number of nitrogens with one attached hydrogen (secondary N) is 2. The van der Waals surface area contributed by atoms with Gasteiger partial charge in [-0.25, -0.2) is 0 Å². The Morgan fingerprint density at radius 2 is 1.96 bits per heavy atom. The zero-order valence-corrected chi connectivity index (χ0v) is 14.2. The highest BCUT2D eigenvalue weighted by Gasteiger charge is 2.57. The maximum absolute atomic E-state index is 13.2. The molecule has 3 atom stereocenters. The monoisotopic (exact) mass is 338 g/mol. The smallest absolute Gasteiger partial charge is 0.297 e. The molecule has 2 aliphatic rings. The average molecular weight is 338 g/mol. The average Bonchev–Trinajstić information content (AvgIpc) is 3.13. The number of hydrogen-bond donors (Lipinski definition) is 2. The Kier molecular flexibility index (Phi) is 4.19. The van der Waals surface area contributed by atoms with Crippen LogP contribution in [0.1, 0.15) is 18.4 Å². The second-order valence-corrected chi connectivity index (χ2v) is 6.43. The van der Waals surface area contributed by atoms with Crippen LogP contribution in [-0.2, 0) is 9.53 Å². The van der Waals surface area contributed by atoms with Gasteiger partial charge in [0.15, 0.2) is 0 Å². The Labute approximate surface area is 147 Å². The van der Waals surface area contributed by atoms with Crippen molar-refractivity contribution in [1.82, 2.24) is 5.32 Å². The molecule has 25 heavy (non-hydrogen) atoms. The number of rotatable bonds is 4. The third kappa shape index (κ3) is 2.69. The van der Waals surface area contributed by atoms with Gasteiger partial charge in [-0.1, -0.05) is 36.4 Å². The predicted molar refractivity (Wildman–Crippen MR) is 95.6 cm³/mol. The van der Waals surface area contributed by atoms with Gasteiger partial charge < -0.3 is 20.1 Å². The summed E-state index contributed by atoms with van der Waals surface area (Å²) in [5.74, 6) is -0.741. The minimum atomic E-state index is -1.33. The summed E-state index contributed by atoms with van der Waals surface area (Å²) in [5.41, 5.74) is 1.87. The number of ether oxygens (including phenoxy) is 2. The molecule has 1 fully saturated rings. The molecule has 2 heterocycles. The number of carbonyl (C=O) groups is 1. The van der Waals surface area contributed by atoms with Gasteiger partial charge in [-0.2, -0.15) is 0 Å². The molecular weight excluding hydrogens is 316 g/mol. The summed E-state index contributed by atoms with van der Waals surface area (Å²) in [6.45, 7) is 3.78. The van der Waals surface area contributed by atoms with Crippen LogP contribution in [0.4, 0.5) is 5.69 Å². The van der Waals surface area contributed by atoms with Gasteiger partial charge in [0.1, 0.15) is 5.75 Å². The van der Waals surface area contributed by atoms with Gasteiger partial charge in [0.2, 0.25) is 0 Å². The number of anilines is 1. The fraction of sp³-hybridized carbons (Fsp3) is 0.350. The van der Waals surface area contributed by atoms with Crippen molar-refractivity contribution in [3.05, 3.63) is 60.2 Å². The van der Waals surface area contributed by atoms with Gasteiger partial charge in [0.05, 0.1) is 5.92 Å². The topological polar surface area (TPSA) is 59.6 Å². The molecule has 5 heteroatoms. The van der Waals surface area contributed by atoms with Crippen LogP contribution in [-0.4, -0.2) is 31.4 Å². The van der Waals surface area contributed by atoms with Gasteiger partial charge in [0, 0.05) is 31.3 Å². The second-order valence-electron chi connectivity index (χ2n) is 6.43. The van der Waals surface area contributed by atoms with E-state index in [1.807, 2.05) is 55.5 Å². The van der Waals surface area contributed by atoms with E-state index in [0.29, 0.717) is 13.2 Å². The molecule has 2 N–H and O–H groups in total. The van der Waals surface area contributed by atoms with Crippen molar-refractivity contribution in [3.8, 4) is 5.75 Å². The van der Waals surface area contributed by atoms with E-state index in [-0.39, 0.29) is 17.7 Å². The van der Waals surface area contributed by atoms with E-state index < -0.39 is 5.79 Å². The van der Waals surface area contributed by atoms with E-state index >= 15 is 0 Å². The van der Waals surface area contributed by atoms with E-state index in [2.05, 4.69) is 16.7 Å². The molecule has 0 radical (unpaired) electrons. The Bertz CT molecular complexity index is 765. The molecule has 5 nitrogen and oxygen atoms in total. The van der Waals surface area contributed by atoms with E-state index in [1.54, 1.807) is 0 Å². The van der Waals surface area contributed by atoms with Gasteiger partial charge >= 0.3 is 0 Å². The predicted octanol–water partition coefficient (Wildman–Crippen LogP) is 2.75. The summed E-state index contributed by atoms with van der Waals surface area (Å²) < 4.78 is 12.2. The fourth-order valence-corrected chi connectivity index (χ4v) is 3.89. The third-order valence-corrected chi connectivity index (χ3v) is 4.99. The number of fused-ring (bicyclic) bond motifs is 3. The summed E-state index contributed by atoms with van der Waals surface area (Å²) in [5, 5.41) is 6.36. The number of carbonyl (C=O) groups excluding carboxylic acids is 1. The molecule has 0 spiro atoms. The quantitative estimate of drug-likeness (QED) is 0.900. The first-order valence-electron chi connectivity index (χ1n) is 8.73. The standard InChI is InChI=1S/C20H22N2O3/c1-2-24-20(19(23)22-14-8-4-3-5-9-14)17-13-21-12-16(17)15-10-6-7-11-18(15)25-20/h3-11,16-17,21H,2,12-13H2,1H3,(H,22,23). The lowest BCUT2D eigenvalue weighted by Crippen LogP contribution is -2.59. The van der Waals surface area contributed by atoms with E-state index in [1.165, 1.54) is 0 Å². The van der Waals surface area contributed by atoms with Crippen LogP contribution in [0.15, 0.2) is 54.6 Å². The van der Waals surface area contributed by atoms with Gasteiger partial charge in [-0.3, -0.25) is 4.79 Å². The zero-order chi connectivity index (χ0) is 17.3. The highest BCUT2D eigenvalue weighted by atomic mass is 16.7. The van der Waals surface area contributed by atoms with Crippen LogP contribution in [0.3, 0.4) is 0 Å². The zero-order valence-electron chi connectivity index (χ0n) is 14.2. The first kappa shape index (κ1) is 16.1. The lowest BCUT2D eigenvalue weighted by Gasteiger charge is -2.43. The van der Waals surface area contributed by atoms with Crippen molar-refractivity contribution in [2.75, 3.05) is 25.0 Å². The lowest BCUT2D eigenvalue weighted by molar-refractivity contribution is -0.215. The second kappa shape index (κ2) is 6.50. The first-order chi connectivity index (χ1) is 12.2. The molecule has 2 aliphatic heterocycles. The molecule has 1 saturated heterocycles. The van der Waals surface area contributed by atoms with Crippen LogP contribution in [0.25, 0.3) is 0 Å². The summed E-state index contributed by atoms with van der Waals surface area (Å²) in [6.07, 6.45) is 0. The number of para-hydroxylation sites is 2. The molecular formula is C20H22N2O3. The largest absolute Gasteiger partial charge is 0.452 e. The molecule has 130 valence electrons. The highest BCUT2D eigenvalue weighted by Crippen LogP contribution is 2.47. The number of hydrogen-bond acceptors (Lipinski definition) is 4. The fourth-order valence-electron chi connectivity index (χ4n) is 3.89. The molecule has 0 aromatic heterocycles. The van der Waals surface area contributed by atoms with Gasteiger partial charge in [-0.15, -0.1) is 0 Å². The normalized spacial score (nSPS) is 27.1. The summed E-state index contributed by atoms with van der Waals surface area (Å²) in [7, 11) is 0. The lowest BCUT2D eigenvalue weighted by atomic mass is 9.79. The molecule has 1 amide bonds. The Morgan fingerprint density at radius 3 is 2.76 bits per heavy atom. The Morgan fingerprint density at radius 1 is 1.20 bits per heavy atom. The SMILES string of the molecule is CCOC1(C(=O)Nc2ccccc2)Oc2ccccc2C2CNCC21. The van der Waals surface area contributed by atoms with Crippen LogP contribution < -0.4 is 15.4 Å². The maximum Gasteiger partial charge on any atom is 0.297 e. The number of amides is 1. The third-order valence-electron chi connectivity index (χ3n) is 4.99. The van der Waals surface area contributed by atoms with Crippen molar-refractivity contribution in [2.45, 2.75) is 18.6 Å². The molecule has 3 unspecified atom stereocenters. The van der Waals surface area contributed by atoms with Crippen LogP contribution in [0.2, 0.25) is 0 Å². The molecule has 0 bridgehead atoms. The first-order valence-corrected chi connectivity index (χ1v) is 8.73. The summed E-state index contributed by atoms with van der Waals surface area (Å²) in [6, 6.07) is 17.3. The van der Waals surface area contributed by atoms with Crippen LogP contribution >= 0.6 is 0 Å². The summed E-state index contributed by atoms with van der Waals surface area (Å²) in [4.78, 5) is 13.2. The molecule has 4 rings (SSSR count). The van der Waals surface area contributed by atoms with Crippen molar-refractivity contribution >= 4 is 11.6 Å². The van der Waals surface area contributed by atoms with Crippen molar-refractivity contribution in [3.63, 3.8) is 0 Å². The van der Waals surface area contributed by atoms with E-state index in [9.17, 15) is 4.79 Å². The van der Waals surface area contributed by atoms with E-state index in [4.69, 9.17) is 9.47 Å². The van der Waals surface area contributed by atoms with Crippen molar-refractivity contribution in [1.29, 1.82) is 0 Å². The maximum atomic E-state index is 13.2. The minimum absolute atomic E-state index is 0.0777. The molecule has 0 aliphatic carbocycles. The van der Waals surface area contributed by atoms with Gasteiger partial charge in [0.25, 0.3) is 11.7 Å². The van der Waals surface area contributed by atoms with Crippen LogP contribution in [0.5, 0.6) is 5.75 Å². The molecule has 0 saturated carbocycles. The minimum Gasteiger partial charge on any atom is -0.452 e. The molecule has 2 aromatic carbocycles. The Hall–Kier alpha value is -2.37. The summed E-state index contributed by atoms with van der Waals surface area (Å²) >= 11 is 0. The van der Waals surface area contributed by atoms with Gasteiger partial charge in [-0.05, 0) is 30.7 Å². The number of benzene rings is 2. The van der Waals surface area contributed by atoms with Crippen molar-refractivity contribution in [2.24, 2.45) is 5.92 Å². The van der Waals surface area contributed by atoms with Crippen molar-refractivity contribution < 1.29 is 14.3 Å². The van der Waals surface area contributed by atoms with Crippen LogP contribution in [0, 0.1) is 5.92 Å². The Balaban J connectivity index is 1.73. The molecule has 2 aromatic rings. The van der Waals surface area contributed by atoms with E-state index in [0.717, 1.165) is 23.5 Å².